The van der Waals surface area contributed by atoms with E-state index in [0.29, 0.717) is 12.1 Å². The molecule has 2 aromatic rings. The predicted molar refractivity (Wildman–Crippen MR) is 146 cm³/mol. The molecular formula is C28H37N3O4S. The molecule has 0 aliphatic rings. The molecule has 2 rings (SSSR count). The molecule has 0 spiro atoms. The number of benzene rings is 2. The third-order valence-corrected chi connectivity index (χ3v) is 5.74. The summed E-state index contributed by atoms with van der Waals surface area (Å²) in [5.74, 6) is -0.775. The van der Waals surface area contributed by atoms with Crippen LogP contribution in [0.3, 0.4) is 0 Å². The van der Waals surface area contributed by atoms with Crippen LogP contribution in [-0.2, 0) is 20.9 Å². The van der Waals surface area contributed by atoms with Crippen molar-refractivity contribution in [3.05, 3.63) is 83.4 Å². The normalized spacial score (nSPS) is 12.7. The summed E-state index contributed by atoms with van der Waals surface area (Å²) in [4.78, 5) is 41.2. The van der Waals surface area contributed by atoms with Gasteiger partial charge in [0.05, 0.1) is 0 Å². The van der Waals surface area contributed by atoms with Crippen LogP contribution in [0, 0.1) is 13.8 Å². The van der Waals surface area contributed by atoms with Crippen LogP contribution >= 0.6 is 12.6 Å². The molecule has 2 aromatic carbocycles. The zero-order valence-corrected chi connectivity index (χ0v) is 22.6. The molecule has 36 heavy (non-hydrogen) atoms. The summed E-state index contributed by atoms with van der Waals surface area (Å²) in [6, 6.07) is 13.3. The smallest absolute Gasteiger partial charge is 0.408 e. The lowest BCUT2D eigenvalue weighted by Crippen LogP contribution is -2.53. The van der Waals surface area contributed by atoms with Crippen molar-refractivity contribution >= 4 is 30.5 Å². The van der Waals surface area contributed by atoms with E-state index in [1.54, 1.807) is 26.8 Å². The highest BCUT2D eigenvalue weighted by molar-refractivity contribution is 7.80. The second kappa shape index (κ2) is 13.2. The molecule has 0 aliphatic heterocycles. The van der Waals surface area contributed by atoms with E-state index in [1.165, 1.54) is 4.90 Å². The first-order chi connectivity index (χ1) is 17.0. The van der Waals surface area contributed by atoms with E-state index in [4.69, 9.17) is 4.74 Å². The molecule has 0 bridgehead atoms. The Kier molecular flexibility index (Phi) is 10.6. The molecule has 0 saturated heterocycles. The van der Waals surface area contributed by atoms with E-state index in [0.717, 1.165) is 16.7 Å². The Morgan fingerprint density at radius 2 is 1.78 bits per heavy atom. The number of hydrogen-bond donors (Lipinski definition) is 3. The lowest BCUT2D eigenvalue weighted by atomic mass is 9.96. The number of hydrogen-bond acceptors (Lipinski definition) is 5. The molecule has 8 heteroatoms. The highest BCUT2D eigenvalue weighted by atomic mass is 32.1. The van der Waals surface area contributed by atoms with Crippen LogP contribution in [0.4, 0.5) is 4.79 Å². The van der Waals surface area contributed by atoms with E-state index in [9.17, 15) is 14.4 Å². The molecule has 0 heterocycles. The maximum Gasteiger partial charge on any atom is 0.408 e. The van der Waals surface area contributed by atoms with Crippen LogP contribution < -0.4 is 10.6 Å². The van der Waals surface area contributed by atoms with E-state index < -0.39 is 29.7 Å². The highest BCUT2D eigenvalue weighted by Crippen LogP contribution is 2.27. The minimum absolute atomic E-state index is 0.0248. The molecule has 2 unspecified atom stereocenters. The molecule has 3 amide bonds. The Morgan fingerprint density at radius 1 is 1.11 bits per heavy atom. The Morgan fingerprint density at radius 3 is 2.33 bits per heavy atom. The number of carbonyl (C=O) groups excluding carboxylic acids is 3. The highest BCUT2D eigenvalue weighted by Gasteiger charge is 2.36. The number of thiol groups is 1. The van der Waals surface area contributed by atoms with Gasteiger partial charge in [-0.3, -0.25) is 9.59 Å². The first kappa shape index (κ1) is 29.0. The molecule has 0 aromatic heterocycles. The zero-order chi connectivity index (χ0) is 26.9. The van der Waals surface area contributed by atoms with Crippen molar-refractivity contribution in [3.8, 4) is 0 Å². The van der Waals surface area contributed by atoms with Crippen molar-refractivity contribution in [2.75, 3.05) is 12.3 Å². The van der Waals surface area contributed by atoms with E-state index in [-0.39, 0.29) is 18.2 Å². The van der Waals surface area contributed by atoms with Gasteiger partial charge < -0.3 is 20.3 Å². The maximum absolute atomic E-state index is 13.7. The van der Waals surface area contributed by atoms with Gasteiger partial charge in [-0.1, -0.05) is 60.2 Å². The SMILES string of the molecule is C=CCN(C(=O)C(CS)NC(=O)OC(C)(C)C)C(C(=O)NCc1ccccc1)c1ccc(C)cc1C. The molecule has 7 nitrogen and oxygen atoms in total. The molecule has 0 radical (unpaired) electrons. The molecule has 2 atom stereocenters. The lowest BCUT2D eigenvalue weighted by molar-refractivity contribution is -0.141. The van der Waals surface area contributed by atoms with Crippen LogP contribution in [0.5, 0.6) is 0 Å². The lowest BCUT2D eigenvalue weighted by Gasteiger charge is -2.34. The topological polar surface area (TPSA) is 87.7 Å². The number of aryl methyl sites for hydroxylation is 2. The second-order valence-corrected chi connectivity index (χ2v) is 9.99. The average molecular weight is 512 g/mol. The summed E-state index contributed by atoms with van der Waals surface area (Å²) in [5.41, 5.74) is 2.82. The maximum atomic E-state index is 13.7. The molecule has 0 aliphatic carbocycles. The van der Waals surface area contributed by atoms with Crippen molar-refractivity contribution in [1.29, 1.82) is 0 Å². The minimum atomic E-state index is -1.00. The molecule has 0 fully saturated rings. The molecular weight excluding hydrogens is 474 g/mol. The van der Waals surface area contributed by atoms with Gasteiger partial charge >= 0.3 is 6.09 Å². The van der Waals surface area contributed by atoms with Gasteiger partial charge in [0.15, 0.2) is 0 Å². The average Bonchev–Trinajstić information content (AvgIpc) is 2.81. The first-order valence-corrected chi connectivity index (χ1v) is 12.5. The summed E-state index contributed by atoms with van der Waals surface area (Å²) < 4.78 is 5.32. The van der Waals surface area contributed by atoms with Gasteiger partial charge in [-0.25, -0.2) is 4.79 Å². The van der Waals surface area contributed by atoms with Gasteiger partial charge in [-0.2, -0.15) is 12.6 Å². The number of rotatable bonds is 10. The number of nitrogens with zero attached hydrogens (tertiary/aromatic N) is 1. The number of amides is 3. The second-order valence-electron chi connectivity index (χ2n) is 9.63. The van der Waals surface area contributed by atoms with E-state index >= 15 is 0 Å². The summed E-state index contributed by atoms with van der Waals surface area (Å²) >= 11 is 4.29. The van der Waals surface area contributed by atoms with Gasteiger partial charge in [0.2, 0.25) is 11.8 Å². The van der Waals surface area contributed by atoms with Crippen molar-refractivity contribution in [2.24, 2.45) is 0 Å². The molecule has 0 saturated carbocycles. The predicted octanol–water partition coefficient (Wildman–Crippen LogP) is 4.50. The molecule has 2 N–H and O–H groups in total. The fraction of sp³-hybridized carbons (Fsp3) is 0.393. The number of nitrogens with one attached hydrogen (secondary N) is 2. The number of alkyl carbamates (subject to hydrolysis) is 1. The van der Waals surface area contributed by atoms with Crippen molar-refractivity contribution in [1.82, 2.24) is 15.5 Å². The van der Waals surface area contributed by atoms with Crippen LogP contribution in [0.25, 0.3) is 0 Å². The van der Waals surface area contributed by atoms with Gasteiger partial charge in [0.1, 0.15) is 17.7 Å². The summed E-state index contributed by atoms with van der Waals surface area (Å²) in [6.07, 6.45) is 0.826. The minimum Gasteiger partial charge on any atom is -0.444 e. The monoisotopic (exact) mass is 511 g/mol. The van der Waals surface area contributed by atoms with Gasteiger partial charge in [0, 0.05) is 18.8 Å². The zero-order valence-electron chi connectivity index (χ0n) is 21.7. The van der Waals surface area contributed by atoms with Crippen LogP contribution in [0.1, 0.15) is 49.1 Å². The van der Waals surface area contributed by atoms with E-state index in [2.05, 4.69) is 29.8 Å². The quantitative estimate of drug-likeness (QED) is 0.324. The van der Waals surface area contributed by atoms with Gasteiger partial charge in [0.25, 0.3) is 0 Å². The largest absolute Gasteiger partial charge is 0.444 e. The fourth-order valence-electron chi connectivity index (χ4n) is 3.76. The third-order valence-electron chi connectivity index (χ3n) is 5.37. The van der Waals surface area contributed by atoms with E-state index in [1.807, 2.05) is 62.4 Å². The Labute approximate surface area is 219 Å². The van der Waals surface area contributed by atoms with Crippen LogP contribution in [0.2, 0.25) is 0 Å². The van der Waals surface area contributed by atoms with Crippen LogP contribution in [-0.4, -0.2) is 46.7 Å². The Bertz CT molecular complexity index is 1070. The number of carbonyl (C=O) groups is 3. The van der Waals surface area contributed by atoms with Crippen molar-refractivity contribution < 1.29 is 19.1 Å². The molecule has 194 valence electrons. The Hall–Kier alpha value is -3.26. The number of ether oxygens (including phenoxy) is 1. The van der Waals surface area contributed by atoms with Gasteiger partial charge in [-0.15, -0.1) is 6.58 Å². The third kappa shape index (κ3) is 8.45. The standard InChI is InChI=1S/C28H37N3O4S/c1-7-15-31(26(33)23(18-36)30-27(34)35-28(4,5)6)24(22-14-13-19(2)16-20(22)3)25(32)29-17-21-11-9-8-10-12-21/h7-14,16,23-24,36H,1,15,17-18H2,2-6H3,(H,29,32)(H,30,34). The Balaban J connectivity index is 2.41. The van der Waals surface area contributed by atoms with Crippen LogP contribution in [0.15, 0.2) is 61.2 Å². The first-order valence-electron chi connectivity index (χ1n) is 11.9. The fourth-order valence-corrected chi connectivity index (χ4v) is 4.01. The summed E-state index contributed by atoms with van der Waals surface area (Å²) in [5, 5.41) is 5.56. The van der Waals surface area contributed by atoms with Crippen molar-refractivity contribution in [2.45, 2.75) is 58.8 Å². The van der Waals surface area contributed by atoms with Gasteiger partial charge in [-0.05, 0) is 51.3 Å². The summed E-state index contributed by atoms with van der Waals surface area (Å²) in [7, 11) is 0. The van der Waals surface area contributed by atoms with Crippen molar-refractivity contribution in [3.63, 3.8) is 0 Å². The summed E-state index contributed by atoms with van der Waals surface area (Å²) in [6.45, 7) is 13.3.